The highest BCUT2D eigenvalue weighted by atomic mass is 16.5. The molecule has 1 aromatic carbocycles. The number of unbranched alkanes of at least 4 members (excludes halogenated alkanes) is 2. The lowest BCUT2D eigenvalue weighted by molar-refractivity contribution is -0.915. The lowest BCUT2D eigenvalue weighted by Crippen LogP contribution is -2.52. The van der Waals surface area contributed by atoms with Crippen LogP contribution in [0.4, 0.5) is 5.69 Å². The van der Waals surface area contributed by atoms with Crippen LogP contribution < -0.4 is 10.1 Å². The molecule has 0 aromatic heterocycles. The number of hydrogen-bond donors (Lipinski definition) is 1. The number of amides is 1. The first kappa shape index (κ1) is 26.1. The van der Waals surface area contributed by atoms with E-state index < -0.39 is 0 Å². The van der Waals surface area contributed by atoms with Crippen molar-refractivity contribution in [1.29, 1.82) is 0 Å². The van der Waals surface area contributed by atoms with Gasteiger partial charge in [0, 0.05) is 5.69 Å². The monoisotopic (exact) mass is 420 g/mol. The number of nitrogens with zero attached hydrogens (tertiary/aromatic N) is 2. The van der Waals surface area contributed by atoms with Crippen molar-refractivity contribution < 1.29 is 18.8 Å². The molecule has 170 valence electrons. The number of rotatable bonds is 13. The molecule has 1 N–H and O–H groups in total. The predicted molar refractivity (Wildman–Crippen MR) is 124 cm³/mol. The van der Waals surface area contributed by atoms with Gasteiger partial charge in [-0.15, -0.1) is 0 Å². The van der Waals surface area contributed by atoms with Gasteiger partial charge in [-0.25, -0.2) is 0 Å². The summed E-state index contributed by atoms with van der Waals surface area (Å²) >= 11 is 0. The van der Waals surface area contributed by atoms with Gasteiger partial charge in [0.1, 0.15) is 5.75 Å². The first-order valence-electron chi connectivity index (χ1n) is 11.4. The van der Waals surface area contributed by atoms with Crippen LogP contribution in [0.1, 0.15) is 58.1 Å². The number of aryl methyl sites for hydroxylation is 2. The normalized spacial score (nSPS) is 11.6. The second kappa shape index (κ2) is 12.7. The van der Waals surface area contributed by atoms with E-state index in [4.69, 9.17) is 4.74 Å². The fraction of sp³-hybridized carbons (Fsp3) is 0.667. The Hall–Kier alpha value is -1.92. The summed E-state index contributed by atoms with van der Waals surface area (Å²) in [6.07, 6.45) is 3.41. The highest BCUT2D eigenvalue weighted by Gasteiger charge is 2.25. The second-order valence-corrected chi connectivity index (χ2v) is 8.35. The van der Waals surface area contributed by atoms with Crippen LogP contribution in [0, 0.1) is 13.8 Å². The first-order chi connectivity index (χ1) is 14.2. The fourth-order valence-corrected chi connectivity index (χ4v) is 3.76. The molecule has 0 radical (unpaired) electrons. The zero-order chi connectivity index (χ0) is 22.7. The molecule has 0 unspecified atom stereocenters. The quantitative estimate of drug-likeness (QED) is 0.225. The van der Waals surface area contributed by atoms with Crippen LogP contribution in [0.3, 0.4) is 0 Å². The fourth-order valence-electron chi connectivity index (χ4n) is 3.76. The summed E-state index contributed by atoms with van der Waals surface area (Å²) in [7, 11) is 1.94. The van der Waals surface area contributed by atoms with Crippen molar-refractivity contribution in [1.82, 2.24) is 4.90 Å². The number of nitrogens with one attached hydrogen (secondary N) is 1. The number of benzene rings is 1. The number of carbonyl (C=O) groups is 2. The van der Waals surface area contributed by atoms with Crippen LogP contribution in [0.25, 0.3) is 0 Å². The van der Waals surface area contributed by atoms with Crippen LogP contribution in [0.15, 0.2) is 12.1 Å². The number of anilines is 1. The van der Waals surface area contributed by atoms with Crippen LogP contribution in [-0.4, -0.2) is 67.6 Å². The Morgan fingerprint density at radius 3 is 2.07 bits per heavy atom. The van der Waals surface area contributed by atoms with Crippen molar-refractivity contribution in [3.8, 4) is 5.75 Å². The Morgan fingerprint density at radius 2 is 1.57 bits per heavy atom. The third kappa shape index (κ3) is 8.07. The molecule has 0 aliphatic carbocycles. The Balaban J connectivity index is 2.75. The molecule has 0 aliphatic heterocycles. The highest BCUT2D eigenvalue weighted by Crippen LogP contribution is 2.26. The number of esters is 1. The van der Waals surface area contributed by atoms with E-state index in [1.165, 1.54) is 6.42 Å². The van der Waals surface area contributed by atoms with Gasteiger partial charge in [0.25, 0.3) is 5.91 Å². The minimum absolute atomic E-state index is 0.0187. The number of hydrogen-bond acceptors (Lipinski definition) is 4. The summed E-state index contributed by atoms with van der Waals surface area (Å²) in [5, 5.41) is 3.07. The maximum absolute atomic E-state index is 12.7. The lowest BCUT2D eigenvalue weighted by Gasteiger charge is -2.35. The molecule has 1 amide bonds. The molecule has 0 aliphatic rings. The summed E-state index contributed by atoms with van der Waals surface area (Å²) in [6, 6.07) is 3.64. The highest BCUT2D eigenvalue weighted by molar-refractivity contribution is 5.93. The molecular weight excluding hydrogens is 378 g/mol. The molecule has 0 fully saturated rings. The number of likely N-dealkylation sites (N-methyl/N-ethyl adjacent to an activating group) is 2. The van der Waals surface area contributed by atoms with Gasteiger partial charge in [-0.3, -0.25) is 14.5 Å². The molecule has 6 heteroatoms. The molecule has 0 spiro atoms. The van der Waals surface area contributed by atoms with Gasteiger partial charge in [-0.2, -0.15) is 0 Å². The van der Waals surface area contributed by atoms with Gasteiger partial charge in [-0.05, 0) is 77.9 Å². The second-order valence-electron chi connectivity index (χ2n) is 8.35. The topological polar surface area (TPSA) is 58.6 Å². The largest absolute Gasteiger partial charge is 0.426 e. The molecular formula is C24H42N3O3+. The van der Waals surface area contributed by atoms with E-state index in [0.717, 1.165) is 60.3 Å². The van der Waals surface area contributed by atoms with Crippen molar-refractivity contribution in [2.45, 2.75) is 60.8 Å². The Kier molecular flexibility index (Phi) is 11.1. The number of carbonyl (C=O) groups excluding carboxylic acids is 2. The van der Waals surface area contributed by atoms with E-state index >= 15 is 0 Å². The van der Waals surface area contributed by atoms with Crippen LogP contribution in [-0.2, 0) is 9.59 Å². The average molecular weight is 421 g/mol. The van der Waals surface area contributed by atoms with Gasteiger partial charge in [0.15, 0.2) is 6.54 Å². The van der Waals surface area contributed by atoms with Crippen molar-refractivity contribution in [3.63, 3.8) is 0 Å². The van der Waals surface area contributed by atoms with Crippen molar-refractivity contribution in [2.24, 2.45) is 0 Å². The van der Waals surface area contributed by atoms with E-state index in [1.807, 2.05) is 37.9 Å². The summed E-state index contributed by atoms with van der Waals surface area (Å²) in [6.45, 7) is 16.8. The minimum atomic E-state index is -0.263. The number of ether oxygens (including phenoxy) is 1. The maximum Gasteiger partial charge on any atom is 0.325 e. The third-order valence-electron chi connectivity index (χ3n) is 6.04. The molecule has 0 saturated carbocycles. The summed E-state index contributed by atoms with van der Waals surface area (Å²) in [4.78, 5) is 26.9. The molecule has 0 bridgehead atoms. The zero-order valence-electron chi connectivity index (χ0n) is 20.1. The van der Waals surface area contributed by atoms with E-state index in [9.17, 15) is 9.59 Å². The van der Waals surface area contributed by atoms with Crippen LogP contribution in [0.5, 0.6) is 5.75 Å². The summed E-state index contributed by atoms with van der Waals surface area (Å²) in [5.41, 5.74) is 2.59. The average Bonchev–Trinajstić information content (AvgIpc) is 2.69. The molecule has 0 heterocycles. The van der Waals surface area contributed by atoms with Crippen molar-refractivity contribution in [2.75, 3.05) is 51.6 Å². The third-order valence-corrected chi connectivity index (χ3v) is 6.04. The van der Waals surface area contributed by atoms with Crippen molar-refractivity contribution in [3.05, 3.63) is 23.3 Å². The first-order valence-corrected chi connectivity index (χ1v) is 11.4. The van der Waals surface area contributed by atoms with E-state index in [2.05, 4.69) is 33.0 Å². The van der Waals surface area contributed by atoms with Gasteiger partial charge >= 0.3 is 5.97 Å². The zero-order valence-corrected chi connectivity index (χ0v) is 20.1. The Bertz CT molecular complexity index is 668. The maximum atomic E-state index is 12.7. The minimum Gasteiger partial charge on any atom is -0.426 e. The van der Waals surface area contributed by atoms with Crippen LogP contribution >= 0.6 is 0 Å². The predicted octanol–water partition coefficient (Wildman–Crippen LogP) is 4.15. The Labute approximate surface area is 183 Å². The molecule has 0 saturated heterocycles. The summed E-state index contributed by atoms with van der Waals surface area (Å²) < 4.78 is 6.32. The van der Waals surface area contributed by atoms with Gasteiger partial charge in [-0.1, -0.05) is 19.8 Å². The summed E-state index contributed by atoms with van der Waals surface area (Å²) in [5.74, 6) is 0.279. The van der Waals surface area contributed by atoms with E-state index in [0.29, 0.717) is 12.3 Å². The van der Waals surface area contributed by atoms with Gasteiger partial charge in [0.2, 0.25) is 0 Å². The smallest absolute Gasteiger partial charge is 0.325 e. The molecule has 30 heavy (non-hydrogen) atoms. The van der Waals surface area contributed by atoms with Gasteiger partial charge < -0.3 is 14.5 Å². The molecule has 1 rings (SSSR count). The Morgan fingerprint density at radius 1 is 1.00 bits per heavy atom. The molecule has 6 nitrogen and oxygen atoms in total. The standard InChI is InChI=1S/C24H41N3O3/c1-8-12-13-14-26(7)17-23(29)30-21-15-19(5)24(20(6)16-21)25-22(28)18-27(9-2,10-3)11-4/h15-16H,8-14,17-18H2,1-7H3/p+1. The SMILES string of the molecule is CCCCCN(C)CC(=O)Oc1cc(C)c(NC(=O)C[N+](CC)(CC)CC)c(C)c1. The van der Waals surface area contributed by atoms with E-state index in [1.54, 1.807) is 0 Å². The lowest BCUT2D eigenvalue weighted by atomic mass is 10.1. The van der Waals surface area contributed by atoms with Crippen LogP contribution in [0.2, 0.25) is 0 Å². The van der Waals surface area contributed by atoms with Gasteiger partial charge in [0.05, 0.1) is 26.2 Å². The number of quaternary nitrogens is 1. The van der Waals surface area contributed by atoms with E-state index in [-0.39, 0.29) is 18.4 Å². The molecule has 1 aromatic rings. The van der Waals surface area contributed by atoms with Crippen molar-refractivity contribution >= 4 is 17.6 Å². The molecule has 0 atom stereocenters.